The minimum atomic E-state index is 0.400. The third kappa shape index (κ3) is 3.33. The molecular weight excluding hydrogens is 278 g/mol. The zero-order valence-electron chi connectivity index (χ0n) is 9.06. The van der Waals surface area contributed by atoms with E-state index < -0.39 is 0 Å². The maximum Gasteiger partial charge on any atom is 0.127 e. The Morgan fingerprint density at radius 3 is 2.53 bits per heavy atom. The summed E-state index contributed by atoms with van der Waals surface area (Å²) in [7, 11) is 0. The fourth-order valence-electron chi connectivity index (χ4n) is 1.45. The fraction of sp³-hybridized carbons (Fsp3) is 0.0714. The van der Waals surface area contributed by atoms with Crippen LogP contribution in [0, 0.1) is 11.3 Å². The Kier molecular flexibility index (Phi) is 3.79. The van der Waals surface area contributed by atoms with Gasteiger partial charge in [-0.3, -0.25) is 0 Å². The second kappa shape index (κ2) is 5.51. The average molecular weight is 288 g/mol. The van der Waals surface area contributed by atoms with E-state index in [2.05, 4.69) is 22.0 Å². The molecule has 0 radical (unpaired) electrons. The van der Waals surface area contributed by atoms with E-state index in [1.54, 1.807) is 0 Å². The van der Waals surface area contributed by atoms with E-state index in [1.165, 1.54) is 0 Å². The number of halogens is 1. The summed E-state index contributed by atoms with van der Waals surface area (Å²) in [5.41, 5.74) is 0.960. The van der Waals surface area contributed by atoms with Gasteiger partial charge in [0.05, 0.1) is 12.5 Å². The van der Waals surface area contributed by atoms with Gasteiger partial charge in [0.2, 0.25) is 0 Å². The van der Waals surface area contributed by atoms with Crippen molar-refractivity contribution in [2.24, 2.45) is 0 Å². The third-order valence-electron chi connectivity index (χ3n) is 2.23. The standard InChI is InChI=1S/C14H10BrNO/c15-12-4-6-13(7-5-12)17-14-3-1-2-11(10-14)8-9-16/h1-7,10H,8H2. The number of nitriles is 1. The molecule has 0 amide bonds. The fourth-order valence-corrected chi connectivity index (χ4v) is 1.71. The highest BCUT2D eigenvalue weighted by atomic mass is 79.9. The van der Waals surface area contributed by atoms with Crippen LogP contribution in [0.25, 0.3) is 0 Å². The molecule has 2 nitrogen and oxygen atoms in total. The average Bonchev–Trinajstić information content (AvgIpc) is 2.33. The largest absolute Gasteiger partial charge is 0.457 e. The van der Waals surface area contributed by atoms with E-state index >= 15 is 0 Å². The molecule has 2 aromatic rings. The molecule has 0 aliphatic carbocycles. The lowest BCUT2D eigenvalue weighted by Gasteiger charge is -2.06. The Bertz CT molecular complexity index is 543. The van der Waals surface area contributed by atoms with Crippen molar-refractivity contribution in [2.45, 2.75) is 6.42 Å². The van der Waals surface area contributed by atoms with Gasteiger partial charge in [0.1, 0.15) is 11.5 Å². The molecule has 84 valence electrons. The van der Waals surface area contributed by atoms with Crippen molar-refractivity contribution in [3.05, 3.63) is 58.6 Å². The van der Waals surface area contributed by atoms with Gasteiger partial charge in [-0.2, -0.15) is 5.26 Å². The summed E-state index contributed by atoms with van der Waals surface area (Å²) >= 11 is 3.37. The first-order valence-electron chi connectivity index (χ1n) is 5.17. The first-order chi connectivity index (χ1) is 8.28. The maximum atomic E-state index is 8.63. The Morgan fingerprint density at radius 2 is 1.82 bits per heavy atom. The van der Waals surface area contributed by atoms with Gasteiger partial charge in [-0.1, -0.05) is 28.1 Å². The van der Waals surface area contributed by atoms with Gasteiger partial charge in [0.15, 0.2) is 0 Å². The van der Waals surface area contributed by atoms with Crippen LogP contribution >= 0.6 is 15.9 Å². The van der Waals surface area contributed by atoms with Crippen LogP contribution in [-0.4, -0.2) is 0 Å². The molecule has 0 spiro atoms. The minimum Gasteiger partial charge on any atom is -0.457 e. The second-order valence-corrected chi connectivity index (χ2v) is 4.45. The highest BCUT2D eigenvalue weighted by molar-refractivity contribution is 9.10. The molecule has 0 bridgehead atoms. The molecular formula is C14H10BrNO. The van der Waals surface area contributed by atoms with Crippen molar-refractivity contribution < 1.29 is 4.74 Å². The molecule has 0 saturated carbocycles. The zero-order valence-corrected chi connectivity index (χ0v) is 10.6. The van der Waals surface area contributed by atoms with Gasteiger partial charge in [-0.05, 0) is 42.0 Å². The summed E-state index contributed by atoms with van der Waals surface area (Å²) in [4.78, 5) is 0. The number of benzene rings is 2. The monoisotopic (exact) mass is 287 g/mol. The van der Waals surface area contributed by atoms with E-state index in [9.17, 15) is 0 Å². The zero-order chi connectivity index (χ0) is 12.1. The molecule has 0 fully saturated rings. The maximum absolute atomic E-state index is 8.63. The van der Waals surface area contributed by atoms with Crippen molar-refractivity contribution in [3.63, 3.8) is 0 Å². The first-order valence-corrected chi connectivity index (χ1v) is 5.96. The molecule has 0 atom stereocenters. The molecule has 0 N–H and O–H groups in total. The van der Waals surface area contributed by atoms with Crippen molar-refractivity contribution in [2.75, 3.05) is 0 Å². The molecule has 0 aliphatic rings. The predicted molar refractivity (Wildman–Crippen MR) is 70.0 cm³/mol. The number of hydrogen-bond donors (Lipinski definition) is 0. The molecule has 0 unspecified atom stereocenters. The van der Waals surface area contributed by atoms with E-state index in [1.807, 2.05) is 48.5 Å². The summed E-state index contributed by atoms with van der Waals surface area (Å²) in [6.07, 6.45) is 0.400. The van der Waals surface area contributed by atoms with Crippen LogP contribution < -0.4 is 4.74 Å². The molecule has 0 saturated heterocycles. The topological polar surface area (TPSA) is 33.0 Å². The van der Waals surface area contributed by atoms with Crippen molar-refractivity contribution in [3.8, 4) is 17.6 Å². The molecule has 0 aromatic heterocycles. The Balaban J connectivity index is 2.16. The lowest BCUT2D eigenvalue weighted by Crippen LogP contribution is -1.86. The predicted octanol–water partition coefficient (Wildman–Crippen LogP) is 4.31. The lowest BCUT2D eigenvalue weighted by molar-refractivity contribution is 0.482. The normalized spacial score (nSPS) is 9.65. The van der Waals surface area contributed by atoms with Gasteiger partial charge >= 0.3 is 0 Å². The van der Waals surface area contributed by atoms with Crippen LogP contribution in [0.1, 0.15) is 5.56 Å². The first kappa shape index (κ1) is 11.7. The number of nitrogens with zero attached hydrogens (tertiary/aromatic N) is 1. The van der Waals surface area contributed by atoms with Crippen LogP contribution in [0.3, 0.4) is 0 Å². The smallest absolute Gasteiger partial charge is 0.127 e. The summed E-state index contributed by atoms with van der Waals surface area (Å²) in [6, 6.07) is 17.3. The number of hydrogen-bond acceptors (Lipinski definition) is 2. The van der Waals surface area contributed by atoms with Crippen molar-refractivity contribution in [1.82, 2.24) is 0 Å². The molecule has 2 rings (SSSR count). The Morgan fingerprint density at radius 1 is 1.06 bits per heavy atom. The number of rotatable bonds is 3. The molecule has 2 aromatic carbocycles. The summed E-state index contributed by atoms with van der Waals surface area (Å²) in [6.45, 7) is 0. The molecule has 3 heteroatoms. The molecule has 0 aliphatic heterocycles. The number of ether oxygens (including phenoxy) is 1. The summed E-state index contributed by atoms with van der Waals surface area (Å²) < 4.78 is 6.71. The van der Waals surface area contributed by atoms with E-state index in [-0.39, 0.29) is 0 Å². The SMILES string of the molecule is N#CCc1cccc(Oc2ccc(Br)cc2)c1. The molecule has 17 heavy (non-hydrogen) atoms. The van der Waals surface area contributed by atoms with Gasteiger partial charge < -0.3 is 4.74 Å². The van der Waals surface area contributed by atoms with Crippen LogP contribution in [0.5, 0.6) is 11.5 Å². The minimum absolute atomic E-state index is 0.400. The van der Waals surface area contributed by atoms with Crippen LogP contribution in [-0.2, 0) is 6.42 Å². The molecule has 0 heterocycles. The summed E-state index contributed by atoms with van der Waals surface area (Å²) in [5, 5.41) is 8.63. The van der Waals surface area contributed by atoms with E-state index in [0.717, 1.165) is 21.5 Å². The van der Waals surface area contributed by atoms with Crippen LogP contribution in [0.2, 0.25) is 0 Å². The Hall–Kier alpha value is -1.79. The van der Waals surface area contributed by atoms with Crippen LogP contribution in [0.15, 0.2) is 53.0 Å². The third-order valence-corrected chi connectivity index (χ3v) is 2.76. The van der Waals surface area contributed by atoms with E-state index in [4.69, 9.17) is 10.00 Å². The highest BCUT2D eigenvalue weighted by Crippen LogP contribution is 2.23. The van der Waals surface area contributed by atoms with Gasteiger partial charge in [-0.25, -0.2) is 0 Å². The van der Waals surface area contributed by atoms with E-state index in [0.29, 0.717) is 6.42 Å². The van der Waals surface area contributed by atoms with Crippen LogP contribution in [0.4, 0.5) is 0 Å². The van der Waals surface area contributed by atoms with Gasteiger partial charge in [0, 0.05) is 4.47 Å². The van der Waals surface area contributed by atoms with Gasteiger partial charge in [-0.15, -0.1) is 0 Å². The van der Waals surface area contributed by atoms with Gasteiger partial charge in [0.25, 0.3) is 0 Å². The van der Waals surface area contributed by atoms with Crippen molar-refractivity contribution in [1.29, 1.82) is 5.26 Å². The summed E-state index contributed by atoms with van der Waals surface area (Å²) in [5.74, 6) is 1.53. The highest BCUT2D eigenvalue weighted by Gasteiger charge is 1.99. The lowest BCUT2D eigenvalue weighted by atomic mass is 10.1. The van der Waals surface area contributed by atoms with Crippen molar-refractivity contribution >= 4 is 15.9 Å². The quantitative estimate of drug-likeness (QED) is 0.843. The Labute approximate surface area is 109 Å². The second-order valence-electron chi connectivity index (χ2n) is 3.54.